The average molecular weight is 521 g/mol. The second-order valence-electron chi connectivity index (χ2n) is 11.7. The van der Waals surface area contributed by atoms with Gasteiger partial charge < -0.3 is 28.0 Å². The first-order chi connectivity index (χ1) is 13.8. The van der Waals surface area contributed by atoms with E-state index in [0.717, 1.165) is 5.56 Å². The highest BCUT2D eigenvalue weighted by atomic mass is 28.4. The first kappa shape index (κ1) is 31.8. The monoisotopic (exact) mass is 520 g/mol. The zero-order valence-electron chi connectivity index (χ0n) is 22.5. The van der Waals surface area contributed by atoms with Gasteiger partial charge in [-0.1, -0.05) is 37.3 Å². The van der Waals surface area contributed by atoms with Crippen molar-refractivity contribution >= 4 is 33.8 Å². The quantitative estimate of drug-likeness (QED) is 0.380. The van der Waals surface area contributed by atoms with Crippen LogP contribution in [-0.2, 0) is 13.9 Å². The minimum atomic E-state index is -2.70. The van der Waals surface area contributed by atoms with Gasteiger partial charge in [0.25, 0.3) is 0 Å². The predicted molar refractivity (Wildman–Crippen MR) is 143 cm³/mol. The first-order valence-corrected chi connectivity index (χ1v) is 22.7. The van der Waals surface area contributed by atoms with E-state index in [1.807, 2.05) is 84.2 Å². The highest BCUT2D eigenvalue weighted by molar-refractivity contribution is 6.74. The van der Waals surface area contributed by atoms with Crippen molar-refractivity contribution < 1.29 is 28.0 Å². The summed E-state index contributed by atoms with van der Waals surface area (Å²) >= 11 is 0. The molecule has 0 saturated carbocycles. The summed E-state index contributed by atoms with van der Waals surface area (Å²) in [6, 6.07) is 9.98. The topological polar surface area (TPSA) is 99.4 Å². The van der Waals surface area contributed by atoms with E-state index in [1.54, 1.807) is 26.2 Å². The molecule has 1 aromatic rings. The van der Waals surface area contributed by atoms with Crippen LogP contribution in [0.5, 0.6) is 0 Å². The van der Waals surface area contributed by atoms with Crippen molar-refractivity contribution in [2.75, 3.05) is 0 Å². The van der Waals surface area contributed by atoms with E-state index < -0.39 is 49.6 Å². The largest absolute Gasteiger partial charge is 0.431 e. The molecule has 1 unspecified atom stereocenters. The Morgan fingerprint density at radius 3 is 1.22 bits per heavy atom. The van der Waals surface area contributed by atoms with Crippen LogP contribution >= 0.6 is 0 Å². The van der Waals surface area contributed by atoms with Gasteiger partial charge in [-0.05, 0) is 85.6 Å². The van der Waals surface area contributed by atoms with Gasteiger partial charge in [0, 0.05) is 5.04 Å². The van der Waals surface area contributed by atoms with Crippen LogP contribution in [0.3, 0.4) is 0 Å². The number of rotatable bonds is 8. The molecule has 10 heteroatoms. The maximum absolute atomic E-state index is 10.9. The molecular weight excluding hydrogens is 473 g/mol. The van der Waals surface area contributed by atoms with E-state index in [-0.39, 0.29) is 0 Å². The molecule has 1 atom stereocenters. The summed E-state index contributed by atoms with van der Waals surface area (Å²) in [5.41, 5.74) is 0.408. The van der Waals surface area contributed by atoms with Gasteiger partial charge in [0.1, 0.15) is 0 Å². The Bertz CT molecular complexity index is 713. The molecule has 4 N–H and O–H groups in total. The lowest BCUT2D eigenvalue weighted by atomic mass is 9.85. The Kier molecular flexibility index (Phi) is 10.2. The third-order valence-corrected chi connectivity index (χ3v) is 14.9. The van der Waals surface area contributed by atoms with E-state index in [4.69, 9.17) is 8.85 Å². The van der Waals surface area contributed by atoms with Crippen LogP contribution < -0.4 is 0 Å². The molecule has 0 aliphatic heterocycles. The van der Waals surface area contributed by atoms with Crippen molar-refractivity contribution in [1.82, 2.24) is 0 Å². The minimum absolute atomic E-state index is 0.520. The molecule has 6 nitrogen and oxygen atoms in total. The molecule has 0 radical (unpaired) electrons. The molecule has 1 rings (SSSR count). The SMILES string of the molecule is CC(C)(O[Si](C)(C)O)C(C)(c1ccccc1)[Si](C)(C)O.CC(C)(O[Si](C)(C)O)[Si](C)(C)O. The molecule has 0 saturated heterocycles. The van der Waals surface area contributed by atoms with Gasteiger partial charge in [-0.25, -0.2) is 0 Å². The van der Waals surface area contributed by atoms with Gasteiger partial charge >= 0.3 is 17.1 Å². The molecule has 0 amide bonds. The van der Waals surface area contributed by atoms with Crippen LogP contribution in [0.25, 0.3) is 0 Å². The van der Waals surface area contributed by atoms with Crippen molar-refractivity contribution in [1.29, 1.82) is 0 Å². The zero-order valence-corrected chi connectivity index (χ0v) is 26.5. The van der Waals surface area contributed by atoms with Gasteiger partial charge in [-0.2, -0.15) is 0 Å². The Morgan fingerprint density at radius 1 is 0.594 bits per heavy atom. The molecule has 0 aliphatic rings. The van der Waals surface area contributed by atoms with Crippen molar-refractivity contribution in [2.24, 2.45) is 0 Å². The summed E-state index contributed by atoms with van der Waals surface area (Å²) in [5.74, 6) is 0. The van der Waals surface area contributed by atoms with Crippen molar-refractivity contribution in [3.63, 3.8) is 0 Å². The third kappa shape index (κ3) is 8.89. The summed E-state index contributed by atoms with van der Waals surface area (Å²) in [5, 5.41) is -1.09. The molecule has 32 heavy (non-hydrogen) atoms. The van der Waals surface area contributed by atoms with Gasteiger partial charge in [0.15, 0.2) is 8.32 Å². The summed E-state index contributed by atoms with van der Waals surface area (Å²) < 4.78 is 11.5. The highest BCUT2D eigenvalue weighted by Crippen LogP contribution is 2.44. The average Bonchev–Trinajstić information content (AvgIpc) is 2.48. The maximum atomic E-state index is 10.9. The predicted octanol–water partition coefficient (Wildman–Crippen LogP) is 4.38. The second kappa shape index (κ2) is 10.2. The van der Waals surface area contributed by atoms with Crippen molar-refractivity contribution in [3.8, 4) is 0 Å². The Morgan fingerprint density at radius 2 is 0.969 bits per heavy atom. The molecule has 0 fully saturated rings. The smallest absolute Gasteiger partial charge is 0.329 e. The maximum Gasteiger partial charge on any atom is 0.329 e. The summed E-state index contributed by atoms with van der Waals surface area (Å²) in [6.07, 6.45) is 0. The molecule has 0 spiro atoms. The van der Waals surface area contributed by atoms with Crippen LogP contribution in [-0.4, -0.2) is 63.8 Å². The third-order valence-electron chi connectivity index (χ3n) is 6.26. The second-order valence-corrected chi connectivity index (χ2v) is 26.4. The molecular formula is C22H48O6Si4. The molecule has 0 heterocycles. The fraction of sp³-hybridized carbons (Fsp3) is 0.727. The molecule has 1 aromatic carbocycles. The van der Waals surface area contributed by atoms with Crippen LogP contribution in [0.2, 0.25) is 52.4 Å². The minimum Gasteiger partial charge on any atom is -0.431 e. The molecule has 0 bridgehead atoms. The molecule has 188 valence electrons. The van der Waals surface area contributed by atoms with Gasteiger partial charge in [-0.3, -0.25) is 0 Å². The normalized spacial score (nSPS) is 16.2. The van der Waals surface area contributed by atoms with E-state index in [9.17, 15) is 19.2 Å². The number of hydrogen-bond acceptors (Lipinski definition) is 6. The van der Waals surface area contributed by atoms with Crippen molar-refractivity contribution in [2.45, 2.75) is 103 Å². The summed E-state index contributed by atoms with van der Waals surface area (Å²) in [4.78, 5) is 40.5. The summed E-state index contributed by atoms with van der Waals surface area (Å²) in [7, 11) is -10.2. The van der Waals surface area contributed by atoms with Gasteiger partial charge in [-0.15, -0.1) is 0 Å². The summed E-state index contributed by atoms with van der Waals surface area (Å²) in [6.45, 7) is 24.1. The first-order valence-electron chi connectivity index (χ1n) is 11.1. The van der Waals surface area contributed by atoms with Crippen LogP contribution in [0.4, 0.5) is 0 Å². The lowest BCUT2D eigenvalue weighted by Gasteiger charge is -2.52. The van der Waals surface area contributed by atoms with E-state index in [0.29, 0.717) is 0 Å². The lowest BCUT2D eigenvalue weighted by molar-refractivity contribution is 0.0246. The van der Waals surface area contributed by atoms with Crippen LogP contribution in [0.1, 0.15) is 40.2 Å². The Labute approximate surface area is 200 Å². The van der Waals surface area contributed by atoms with E-state index in [1.165, 1.54) is 0 Å². The van der Waals surface area contributed by atoms with Crippen molar-refractivity contribution in [3.05, 3.63) is 35.9 Å². The molecule has 0 aromatic heterocycles. The van der Waals surface area contributed by atoms with E-state index in [2.05, 4.69) is 6.92 Å². The van der Waals surface area contributed by atoms with Crippen LogP contribution in [0.15, 0.2) is 30.3 Å². The Hall–Kier alpha value is -0.152. The van der Waals surface area contributed by atoms with Crippen LogP contribution in [0, 0.1) is 0 Å². The Balaban J connectivity index is 0.000000687. The zero-order chi connectivity index (χ0) is 26.0. The van der Waals surface area contributed by atoms with Gasteiger partial charge in [0.2, 0.25) is 8.32 Å². The van der Waals surface area contributed by atoms with E-state index >= 15 is 0 Å². The standard InChI is InChI=1S/C15H28O3Si2.C7H20O3Si2/c1-14(2,18-20(6,7)17)15(3,19(4,5)16)13-11-9-8-10-12-13;1-7(2,11(3,4)8)10-12(5,6)9/h8-12,16-17H,1-7H3;8-9H,1-6H3. The number of hydrogen-bond donors (Lipinski definition) is 4. The highest BCUT2D eigenvalue weighted by Gasteiger charge is 2.56. The lowest BCUT2D eigenvalue weighted by Crippen LogP contribution is -2.65. The van der Waals surface area contributed by atoms with Gasteiger partial charge in [0.05, 0.1) is 10.8 Å². The fourth-order valence-electron chi connectivity index (χ4n) is 3.68. The number of benzene rings is 1. The fourth-order valence-corrected chi connectivity index (χ4v) is 10.6. The molecule has 0 aliphatic carbocycles.